The highest BCUT2D eigenvalue weighted by molar-refractivity contribution is 6.32. The van der Waals surface area contributed by atoms with E-state index in [0.29, 0.717) is 0 Å². The normalized spacial score (nSPS) is 11.3. The molecule has 0 amide bonds. The van der Waals surface area contributed by atoms with E-state index in [1.165, 1.54) is 6.07 Å². The summed E-state index contributed by atoms with van der Waals surface area (Å²) in [7, 11) is 0. The fraction of sp³-hybridized carbons (Fsp3) is 0.250. The third-order valence-electron chi connectivity index (χ3n) is 1.36. The predicted molar refractivity (Wildman–Crippen MR) is 45.8 cm³/mol. The third-order valence-corrected chi connectivity index (χ3v) is 1.65. The monoisotopic (exact) mass is 242 g/mol. The van der Waals surface area contributed by atoms with Gasteiger partial charge >= 0.3 is 6.36 Å². The van der Waals surface area contributed by atoms with Gasteiger partial charge in [-0.3, -0.25) is 0 Å². The summed E-state index contributed by atoms with van der Waals surface area (Å²) in [5, 5.41) is 8.33. The van der Waals surface area contributed by atoms with E-state index in [9.17, 15) is 13.2 Å². The van der Waals surface area contributed by atoms with Gasteiger partial charge in [-0.1, -0.05) is 11.6 Å². The molecule has 1 aromatic carbocycles. The van der Waals surface area contributed by atoms with Crippen LogP contribution in [0.25, 0.3) is 0 Å². The van der Waals surface area contributed by atoms with Gasteiger partial charge in [0, 0.05) is 6.07 Å². The molecule has 0 fully saturated rings. The summed E-state index contributed by atoms with van der Waals surface area (Å²) in [4.78, 5) is 0. The fourth-order valence-electron chi connectivity index (χ4n) is 0.865. The zero-order chi connectivity index (χ0) is 11.5. The quantitative estimate of drug-likeness (QED) is 0.828. The van der Waals surface area contributed by atoms with Crippen LogP contribution in [0, 0.1) is 0 Å². The van der Waals surface area contributed by atoms with Crippen molar-refractivity contribution in [3.05, 3.63) is 23.2 Å². The van der Waals surface area contributed by atoms with E-state index in [1.807, 2.05) is 0 Å². The summed E-state index contributed by atoms with van der Waals surface area (Å²) in [6.45, 7) is -0.612. The van der Waals surface area contributed by atoms with E-state index in [0.717, 1.165) is 12.1 Å². The first-order chi connectivity index (χ1) is 6.92. The molecule has 0 saturated carbocycles. The molecule has 7 heteroatoms. The Morgan fingerprint density at radius 2 is 2.00 bits per heavy atom. The lowest BCUT2D eigenvalue weighted by atomic mass is 10.3. The third kappa shape index (κ3) is 3.85. The van der Waals surface area contributed by atoms with Gasteiger partial charge in [-0.25, -0.2) is 0 Å². The molecule has 0 bridgehead atoms. The first-order valence-electron chi connectivity index (χ1n) is 3.71. The molecule has 1 rings (SSSR count). The van der Waals surface area contributed by atoms with Gasteiger partial charge in [-0.15, -0.1) is 13.2 Å². The van der Waals surface area contributed by atoms with Crippen LogP contribution in [0.3, 0.4) is 0 Å². The fourth-order valence-corrected chi connectivity index (χ4v) is 1.09. The molecule has 0 unspecified atom stereocenters. The van der Waals surface area contributed by atoms with E-state index < -0.39 is 18.9 Å². The Kier molecular flexibility index (Phi) is 3.65. The zero-order valence-electron chi connectivity index (χ0n) is 7.21. The van der Waals surface area contributed by atoms with Gasteiger partial charge < -0.3 is 14.6 Å². The topological polar surface area (TPSA) is 38.7 Å². The minimum absolute atomic E-state index is 0.0775. The van der Waals surface area contributed by atoms with Gasteiger partial charge in [0.2, 0.25) is 0 Å². The molecule has 0 heterocycles. The smallest absolute Gasteiger partial charge is 0.466 e. The Morgan fingerprint density at radius 3 is 2.47 bits per heavy atom. The molecule has 15 heavy (non-hydrogen) atoms. The second kappa shape index (κ2) is 4.59. The summed E-state index contributed by atoms with van der Waals surface area (Å²) in [6.07, 6.45) is -4.76. The second-order valence-corrected chi connectivity index (χ2v) is 2.82. The summed E-state index contributed by atoms with van der Waals surface area (Å²) in [5.41, 5.74) is 0. The Hall–Kier alpha value is -1.14. The van der Waals surface area contributed by atoms with E-state index >= 15 is 0 Å². The number of aliphatic hydroxyl groups is 1. The van der Waals surface area contributed by atoms with Gasteiger partial charge in [0.1, 0.15) is 11.5 Å². The summed E-state index contributed by atoms with van der Waals surface area (Å²) >= 11 is 5.55. The van der Waals surface area contributed by atoms with Crippen molar-refractivity contribution in [1.82, 2.24) is 0 Å². The van der Waals surface area contributed by atoms with Crippen LogP contribution in [0.2, 0.25) is 5.02 Å². The van der Waals surface area contributed by atoms with Crippen molar-refractivity contribution in [1.29, 1.82) is 0 Å². The molecule has 84 valence electrons. The molecule has 0 radical (unpaired) electrons. The minimum Gasteiger partial charge on any atom is -0.466 e. The largest absolute Gasteiger partial charge is 0.573 e. The maximum absolute atomic E-state index is 11.8. The number of ether oxygens (including phenoxy) is 2. The van der Waals surface area contributed by atoms with Crippen molar-refractivity contribution in [2.75, 3.05) is 6.79 Å². The number of benzene rings is 1. The van der Waals surface area contributed by atoms with Crippen LogP contribution in [0.1, 0.15) is 0 Å². The first kappa shape index (κ1) is 11.9. The lowest BCUT2D eigenvalue weighted by molar-refractivity contribution is -0.274. The van der Waals surface area contributed by atoms with Crippen LogP contribution in [0.5, 0.6) is 11.5 Å². The number of halogens is 4. The molecule has 0 aliphatic heterocycles. The first-order valence-corrected chi connectivity index (χ1v) is 4.09. The van der Waals surface area contributed by atoms with Crippen molar-refractivity contribution >= 4 is 11.6 Å². The van der Waals surface area contributed by atoms with Crippen molar-refractivity contribution in [3.63, 3.8) is 0 Å². The minimum atomic E-state index is -4.76. The highest BCUT2D eigenvalue weighted by Crippen LogP contribution is 2.31. The summed E-state index contributed by atoms with van der Waals surface area (Å²) in [5.74, 6) is -0.369. The Balaban J connectivity index is 2.82. The average Bonchev–Trinajstić information content (AvgIpc) is 2.07. The Bertz CT molecular complexity index is 340. The van der Waals surface area contributed by atoms with E-state index in [4.69, 9.17) is 16.7 Å². The van der Waals surface area contributed by atoms with Crippen molar-refractivity contribution < 1.29 is 27.8 Å². The van der Waals surface area contributed by atoms with Crippen LogP contribution >= 0.6 is 11.6 Å². The zero-order valence-corrected chi connectivity index (χ0v) is 7.97. The highest BCUT2D eigenvalue weighted by Gasteiger charge is 2.31. The number of hydrogen-bond donors (Lipinski definition) is 1. The SMILES string of the molecule is OCOc1ccc(OC(F)(F)F)cc1Cl. The van der Waals surface area contributed by atoms with E-state index in [1.54, 1.807) is 0 Å². The van der Waals surface area contributed by atoms with E-state index in [-0.39, 0.29) is 10.8 Å². The van der Waals surface area contributed by atoms with Crippen LogP contribution < -0.4 is 9.47 Å². The lowest BCUT2D eigenvalue weighted by Crippen LogP contribution is -2.17. The molecule has 3 nitrogen and oxygen atoms in total. The number of aliphatic hydroxyl groups excluding tert-OH is 1. The molecule has 0 saturated heterocycles. The molecule has 0 spiro atoms. The molecular formula is C8H6ClF3O3. The molecule has 0 aliphatic carbocycles. The molecule has 0 atom stereocenters. The summed E-state index contributed by atoms with van der Waals surface area (Å²) < 4.78 is 43.6. The Morgan fingerprint density at radius 1 is 1.33 bits per heavy atom. The predicted octanol–water partition coefficient (Wildman–Crippen LogP) is 2.57. The lowest BCUT2D eigenvalue weighted by Gasteiger charge is -2.10. The number of rotatable bonds is 3. The Labute approximate surface area is 88.0 Å². The molecule has 0 aromatic heterocycles. The number of hydrogen-bond acceptors (Lipinski definition) is 3. The number of alkyl halides is 3. The maximum atomic E-state index is 11.8. The van der Waals surface area contributed by atoms with Crippen molar-refractivity contribution in [2.24, 2.45) is 0 Å². The van der Waals surface area contributed by atoms with Gasteiger partial charge in [-0.2, -0.15) is 0 Å². The van der Waals surface area contributed by atoms with E-state index in [2.05, 4.69) is 9.47 Å². The van der Waals surface area contributed by atoms with Crippen LogP contribution in [0.15, 0.2) is 18.2 Å². The van der Waals surface area contributed by atoms with Crippen LogP contribution in [0.4, 0.5) is 13.2 Å². The van der Waals surface area contributed by atoms with Crippen LogP contribution in [-0.4, -0.2) is 18.3 Å². The highest BCUT2D eigenvalue weighted by atomic mass is 35.5. The van der Waals surface area contributed by atoms with Crippen LogP contribution in [-0.2, 0) is 0 Å². The molecule has 1 aromatic rings. The molecule has 1 N–H and O–H groups in total. The second-order valence-electron chi connectivity index (χ2n) is 2.41. The molecular weight excluding hydrogens is 237 g/mol. The summed E-state index contributed by atoms with van der Waals surface area (Å²) in [6, 6.07) is 3.14. The molecule has 0 aliphatic rings. The van der Waals surface area contributed by atoms with Crippen molar-refractivity contribution in [2.45, 2.75) is 6.36 Å². The van der Waals surface area contributed by atoms with Gasteiger partial charge in [-0.05, 0) is 12.1 Å². The van der Waals surface area contributed by atoms with Gasteiger partial charge in [0.05, 0.1) is 5.02 Å². The van der Waals surface area contributed by atoms with Gasteiger partial charge in [0.15, 0.2) is 6.79 Å². The average molecular weight is 243 g/mol. The van der Waals surface area contributed by atoms with Gasteiger partial charge in [0.25, 0.3) is 0 Å². The van der Waals surface area contributed by atoms with Crippen molar-refractivity contribution in [3.8, 4) is 11.5 Å². The standard InChI is InChI=1S/C8H6ClF3O3/c9-6-3-5(15-8(10,11)12)1-2-7(6)14-4-13/h1-3,13H,4H2. The maximum Gasteiger partial charge on any atom is 0.573 e.